The van der Waals surface area contributed by atoms with Gasteiger partial charge in [0.2, 0.25) is 5.91 Å². The van der Waals surface area contributed by atoms with E-state index in [1.165, 1.54) is 0 Å². The molecule has 25 heavy (non-hydrogen) atoms. The second kappa shape index (κ2) is 8.17. The zero-order valence-electron chi connectivity index (χ0n) is 13.7. The number of nitrogens with one attached hydrogen (secondary N) is 5. The van der Waals surface area contributed by atoms with Crippen LogP contribution in [0.1, 0.15) is 5.56 Å². The molecule has 2 atom stereocenters. The van der Waals surface area contributed by atoms with Crippen LogP contribution in [-0.4, -0.2) is 25.2 Å². The fraction of sp³-hybridized carbons (Fsp3) is 0.235. The van der Waals surface area contributed by atoms with E-state index in [9.17, 15) is 4.79 Å². The summed E-state index contributed by atoms with van der Waals surface area (Å²) in [5.74, 6) is 0.628. The van der Waals surface area contributed by atoms with Crippen LogP contribution in [0.3, 0.4) is 0 Å². The summed E-state index contributed by atoms with van der Waals surface area (Å²) in [5, 5.41) is 6.82. The predicted octanol–water partition coefficient (Wildman–Crippen LogP) is 1.38. The molecule has 0 aliphatic carbocycles. The molecule has 1 heterocycles. The first-order valence-corrected chi connectivity index (χ1v) is 8.22. The van der Waals surface area contributed by atoms with Crippen molar-refractivity contribution in [3.8, 4) is 5.75 Å². The lowest BCUT2D eigenvalue weighted by Crippen LogP contribution is -2.50. The number of rotatable bonds is 6. The molecule has 0 spiro atoms. The van der Waals surface area contributed by atoms with Gasteiger partial charge in [-0.15, -0.1) is 0 Å². The Morgan fingerprint density at radius 3 is 2.76 bits per heavy atom. The molecule has 0 saturated carbocycles. The molecule has 1 aliphatic rings. The summed E-state index contributed by atoms with van der Waals surface area (Å²) < 4.78 is 5.19. The van der Waals surface area contributed by atoms with Gasteiger partial charge in [-0.25, -0.2) is 10.9 Å². The van der Waals surface area contributed by atoms with Gasteiger partial charge in [-0.2, -0.15) is 5.53 Å². The van der Waals surface area contributed by atoms with Gasteiger partial charge in [-0.1, -0.05) is 23.7 Å². The number of hydrogen-bond acceptors (Lipinski definition) is 6. The van der Waals surface area contributed by atoms with Gasteiger partial charge in [0, 0.05) is 17.3 Å². The third-order valence-corrected chi connectivity index (χ3v) is 4.09. The van der Waals surface area contributed by atoms with Crippen molar-refractivity contribution in [1.82, 2.24) is 21.7 Å². The molecule has 2 aromatic rings. The summed E-state index contributed by atoms with van der Waals surface area (Å²) in [7, 11) is 1.62. The van der Waals surface area contributed by atoms with E-state index in [0.717, 1.165) is 17.0 Å². The van der Waals surface area contributed by atoms with Gasteiger partial charge in [0.25, 0.3) is 0 Å². The van der Waals surface area contributed by atoms with Crippen LogP contribution >= 0.6 is 11.6 Å². The van der Waals surface area contributed by atoms with E-state index >= 15 is 0 Å². The molecule has 8 heteroatoms. The van der Waals surface area contributed by atoms with Crippen LogP contribution in [0.5, 0.6) is 5.75 Å². The van der Waals surface area contributed by atoms with E-state index in [0.29, 0.717) is 11.6 Å². The molecule has 0 radical (unpaired) electrons. The zero-order valence-corrected chi connectivity index (χ0v) is 14.4. The van der Waals surface area contributed by atoms with E-state index in [1.807, 2.05) is 36.4 Å². The van der Waals surface area contributed by atoms with Gasteiger partial charge >= 0.3 is 0 Å². The Labute approximate surface area is 151 Å². The maximum Gasteiger partial charge on any atom is 0.242 e. The van der Waals surface area contributed by atoms with Crippen LogP contribution < -0.4 is 31.8 Å². The van der Waals surface area contributed by atoms with Gasteiger partial charge in [-0.05, 0) is 42.0 Å². The van der Waals surface area contributed by atoms with Crippen molar-refractivity contribution in [3.05, 3.63) is 59.1 Å². The lowest BCUT2D eigenvalue weighted by molar-refractivity contribution is -0.123. The Hall–Kier alpha value is -2.32. The maximum absolute atomic E-state index is 12.5. The van der Waals surface area contributed by atoms with E-state index < -0.39 is 6.04 Å². The first kappa shape index (κ1) is 17.5. The van der Waals surface area contributed by atoms with Crippen LogP contribution in [0.4, 0.5) is 5.69 Å². The number of carbonyl (C=O) groups excluding carboxylic acids is 1. The van der Waals surface area contributed by atoms with Crippen LogP contribution in [0, 0.1) is 0 Å². The standard InChI is InChI=1S/C17H20ClN5O2/c1-25-14-4-2-3-11(9-14)10-19-17(24)15-16(22-23-21-15)20-13-7-5-12(18)6-8-13/h2-9,15-16,20-23H,10H2,1H3,(H,19,24). The molecule has 2 unspecified atom stereocenters. The SMILES string of the molecule is COc1cccc(CNC(=O)C2NNNC2Nc2ccc(Cl)cc2)c1. The predicted molar refractivity (Wildman–Crippen MR) is 96.9 cm³/mol. The number of benzene rings is 2. The Bertz CT molecular complexity index is 725. The highest BCUT2D eigenvalue weighted by Crippen LogP contribution is 2.15. The molecule has 5 N–H and O–H groups in total. The molecule has 3 rings (SSSR count). The Morgan fingerprint density at radius 1 is 1.20 bits per heavy atom. The summed E-state index contributed by atoms with van der Waals surface area (Å²) in [6.45, 7) is 0.419. The molecule has 1 fully saturated rings. The van der Waals surface area contributed by atoms with Crippen molar-refractivity contribution in [1.29, 1.82) is 0 Å². The molecule has 1 saturated heterocycles. The van der Waals surface area contributed by atoms with E-state index in [2.05, 4.69) is 27.0 Å². The smallest absolute Gasteiger partial charge is 0.242 e. The minimum atomic E-state index is -0.485. The molecule has 1 amide bonds. The molecule has 7 nitrogen and oxygen atoms in total. The van der Waals surface area contributed by atoms with Crippen LogP contribution in [0.15, 0.2) is 48.5 Å². The molecule has 2 aromatic carbocycles. The zero-order chi connectivity index (χ0) is 17.6. The van der Waals surface area contributed by atoms with Gasteiger partial charge in [0.15, 0.2) is 0 Å². The fourth-order valence-electron chi connectivity index (χ4n) is 2.51. The van der Waals surface area contributed by atoms with Crippen molar-refractivity contribution >= 4 is 23.2 Å². The third-order valence-electron chi connectivity index (χ3n) is 3.84. The number of hydrogen-bond donors (Lipinski definition) is 5. The highest BCUT2D eigenvalue weighted by Gasteiger charge is 2.32. The number of carbonyl (C=O) groups is 1. The number of hydrazine groups is 2. The fourth-order valence-corrected chi connectivity index (χ4v) is 2.63. The minimum Gasteiger partial charge on any atom is -0.497 e. The largest absolute Gasteiger partial charge is 0.497 e. The quantitative estimate of drug-likeness (QED) is 0.534. The average molecular weight is 362 g/mol. The molecule has 0 bridgehead atoms. The van der Waals surface area contributed by atoms with Gasteiger partial charge in [0.05, 0.1) is 7.11 Å². The number of anilines is 1. The molecule has 132 valence electrons. The van der Waals surface area contributed by atoms with E-state index in [4.69, 9.17) is 16.3 Å². The summed E-state index contributed by atoms with van der Waals surface area (Å²) in [6.07, 6.45) is -0.313. The van der Waals surface area contributed by atoms with E-state index in [-0.39, 0.29) is 12.1 Å². The molecule has 1 aliphatic heterocycles. The average Bonchev–Trinajstić information content (AvgIpc) is 3.10. The monoisotopic (exact) mass is 361 g/mol. The Balaban J connectivity index is 1.57. The van der Waals surface area contributed by atoms with Crippen LogP contribution in [0.2, 0.25) is 5.02 Å². The summed E-state index contributed by atoms with van der Waals surface area (Å²) in [5.41, 5.74) is 10.5. The first-order valence-electron chi connectivity index (χ1n) is 7.84. The van der Waals surface area contributed by atoms with Crippen molar-refractivity contribution in [2.75, 3.05) is 12.4 Å². The normalized spacial score (nSPS) is 19.4. The number of halogens is 1. The number of amides is 1. The molecular formula is C17H20ClN5O2. The van der Waals surface area contributed by atoms with E-state index in [1.54, 1.807) is 19.2 Å². The Morgan fingerprint density at radius 2 is 2.00 bits per heavy atom. The lowest BCUT2D eigenvalue weighted by atomic mass is 10.2. The first-order chi connectivity index (χ1) is 12.2. The van der Waals surface area contributed by atoms with Crippen molar-refractivity contribution in [2.45, 2.75) is 18.8 Å². The van der Waals surface area contributed by atoms with Crippen LogP contribution in [0.25, 0.3) is 0 Å². The highest BCUT2D eigenvalue weighted by atomic mass is 35.5. The van der Waals surface area contributed by atoms with Crippen molar-refractivity contribution < 1.29 is 9.53 Å². The summed E-state index contributed by atoms with van der Waals surface area (Å²) >= 11 is 5.89. The Kier molecular flexibility index (Phi) is 5.72. The maximum atomic E-state index is 12.5. The third kappa shape index (κ3) is 4.61. The van der Waals surface area contributed by atoms with Crippen molar-refractivity contribution in [3.63, 3.8) is 0 Å². The van der Waals surface area contributed by atoms with Gasteiger partial charge < -0.3 is 15.4 Å². The summed E-state index contributed by atoms with van der Waals surface area (Å²) in [6, 6.07) is 14.4. The van der Waals surface area contributed by atoms with Crippen molar-refractivity contribution in [2.24, 2.45) is 0 Å². The highest BCUT2D eigenvalue weighted by molar-refractivity contribution is 6.30. The summed E-state index contributed by atoms with van der Waals surface area (Å²) in [4.78, 5) is 12.5. The lowest BCUT2D eigenvalue weighted by Gasteiger charge is -2.20. The van der Waals surface area contributed by atoms with Crippen LogP contribution in [-0.2, 0) is 11.3 Å². The number of methoxy groups -OCH3 is 1. The van der Waals surface area contributed by atoms with Gasteiger partial charge in [-0.3, -0.25) is 4.79 Å². The minimum absolute atomic E-state index is 0.133. The molecule has 0 aromatic heterocycles. The topological polar surface area (TPSA) is 86.5 Å². The second-order valence-corrected chi connectivity index (χ2v) is 6.03. The van der Waals surface area contributed by atoms with Gasteiger partial charge in [0.1, 0.15) is 18.0 Å². The number of ether oxygens (including phenoxy) is 1. The second-order valence-electron chi connectivity index (χ2n) is 5.59. The molecular weight excluding hydrogens is 342 g/mol.